The number of nitrogens with zero attached hydrogens (tertiary/aromatic N) is 1. The highest BCUT2D eigenvalue weighted by Gasteiger charge is 2.24. The number of carboxylic acids is 2. The van der Waals surface area contributed by atoms with Gasteiger partial charge >= 0.3 is 11.9 Å². The molecule has 0 spiro atoms. The Bertz CT molecular complexity index is 457. The largest absolute Gasteiger partial charge is 0.494 e. The first-order valence-electron chi connectivity index (χ1n) is 6.33. The van der Waals surface area contributed by atoms with Crippen molar-refractivity contribution in [2.24, 2.45) is 0 Å². The maximum atomic E-state index is 11.4. The van der Waals surface area contributed by atoms with Crippen LogP contribution in [0.25, 0.3) is 0 Å². The summed E-state index contributed by atoms with van der Waals surface area (Å²) in [6, 6.07) is 5.91. The Balaban J connectivity index is 2.84. The number of carbonyl (C=O) groups is 2. The highest BCUT2D eigenvalue weighted by molar-refractivity contribution is 5.75. The van der Waals surface area contributed by atoms with E-state index in [-0.39, 0.29) is 13.0 Å². The molecule has 6 heteroatoms. The quantitative estimate of drug-likeness (QED) is 0.753. The van der Waals surface area contributed by atoms with E-state index in [0.717, 1.165) is 0 Å². The zero-order valence-electron chi connectivity index (χ0n) is 11.6. The predicted molar refractivity (Wildman–Crippen MR) is 72.9 cm³/mol. The minimum Gasteiger partial charge on any atom is -0.494 e. The molecular formula is C14H19NO5. The second-order valence-electron chi connectivity index (χ2n) is 4.37. The van der Waals surface area contributed by atoms with Gasteiger partial charge in [0.25, 0.3) is 0 Å². The number of likely N-dealkylation sites (N-methyl/N-ethyl adjacent to an activating group) is 1. The molecule has 0 fully saturated rings. The average molecular weight is 281 g/mol. The maximum absolute atomic E-state index is 11.4. The number of benzene rings is 1. The van der Waals surface area contributed by atoms with Gasteiger partial charge in [0.15, 0.2) is 0 Å². The zero-order chi connectivity index (χ0) is 15.1. The Morgan fingerprint density at radius 1 is 1.25 bits per heavy atom. The molecule has 0 saturated carbocycles. The smallest absolute Gasteiger partial charge is 0.325 e. The average Bonchev–Trinajstić information content (AvgIpc) is 2.38. The van der Waals surface area contributed by atoms with Crippen LogP contribution in [0.5, 0.6) is 5.75 Å². The molecule has 1 unspecified atom stereocenters. The fourth-order valence-electron chi connectivity index (χ4n) is 1.90. The van der Waals surface area contributed by atoms with Gasteiger partial charge in [0.2, 0.25) is 0 Å². The molecule has 0 saturated heterocycles. The van der Waals surface area contributed by atoms with Crippen LogP contribution >= 0.6 is 0 Å². The molecule has 110 valence electrons. The van der Waals surface area contributed by atoms with Crippen LogP contribution in [-0.4, -0.2) is 47.3 Å². The minimum absolute atomic E-state index is 0.0999. The molecule has 0 bridgehead atoms. The highest BCUT2D eigenvalue weighted by Crippen LogP contribution is 2.22. The molecule has 0 radical (unpaired) electrons. The van der Waals surface area contributed by atoms with Crippen molar-refractivity contribution in [1.29, 1.82) is 0 Å². The van der Waals surface area contributed by atoms with Gasteiger partial charge in [-0.05, 0) is 31.7 Å². The molecule has 1 atom stereocenters. The fraction of sp³-hybridized carbons (Fsp3) is 0.429. The van der Waals surface area contributed by atoms with Crippen molar-refractivity contribution in [2.45, 2.75) is 19.4 Å². The highest BCUT2D eigenvalue weighted by atomic mass is 16.5. The van der Waals surface area contributed by atoms with Crippen LogP contribution < -0.4 is 4.74 Å². The molecule has 0 aliphatic carbocycles. The summed E-state index contributed by atoms with van der Waals surface area (Å²) in [6.45, 7) is 2.58. The molecule has 0 amide bonds. The Hall–Kier alpha value is -2.08. The number of aliphatic carboxylic acids is 2. The zero-order valence-corrected chi connectivity index (χ0v) is 11.6. The number of ether oxygens (including phenoxy) is 1. The summed E-state index contributed by atoms with van der Waals surface area (Å²) in [6.07, 6.45) is -0.0999. The van der Waals surface area contributed by atoms with Crippen molar-refractivity contribution in [2.75, 3.05) is 20.2 Å². The van der Waals surface area contributed by atoms with Crippen LogP contribution in [0.1, 0.15) is 24.9 Å². The third-order valence-corrected chi connectivity index (χ3v) is 2.86. The second kappa shape index (κ2) is 7.49. The van der Waals surface area contributed by atoms with E-state index in [2.05, 4.69) is 0 Å². The van der Waals surface area contributed by atoms with Crippen molar-refractivity contribution in [3.8, 4) is 5.75 Å². The fourth-order valence-corrected chi connectivity index (χ4v) is 1.90. The molecule has 20 heavy (non-hydrogen) atoms. The summed E-state index contributed by atoms with van der Waals surface area (Å²) in [7, 11) is 1.60. The van der Waals surface area contributed by atoms with Crippen LogP contribution in [0, 0.1) is 0 Å². The molecule has 1 rings (SSSR count). The first-order valence-corrected chi connectivity index (χ1v) is 6.33. The van der Waals surface area contributed by atoms with E-state index in [9.17, 15) is 14.7 Å². The first-order chi connectivity index (χ1) is 9.45. The van der Waals surface area contributed by atoms with Gasteiger partial charge in [0.1, 0.15) is 11.8 Å². The van der Waals surface area contributed by atoms with Crippen LogP contribution in [-0.2, 0) is 9.59 Å². The van der Waals surface area contributed by atoms with Gasteiger partial charge in [-0.3, -0.25) is 14.5 Å². The molecule has 2 N–H and O–H groups in total. The summed E-state index contributed by atoms with van der Waals surface area (Å²) in [5.74, 6) is -1.29. The minimum atomic E-state index is -1.01. The number of rotatable bonds is 8. The summed E-state index contributed by atoms with van der Waals surface area (Å²) in [4.78, 5) is 23.4. The van der Waals surface area contributed by atoms with E-state index in [1.807, 2.05) is 6.92 Å². The van der Waals surface area contributed by atoms with Crippen LogP contribution in [0.15, 0.2) is 24.3 Å². The Labute approximate surface area is 117 Å². The van der Waals surface area contributed by atoms with Gasteiger partial charge in [0, 0.05) is 6.54 Å². The number of carboxylic acid groups (broad SMARTS) is 2. The van der Waals surface area contributed by atoms with Gasteiger partial charge < -0.3 is 14.9 Å². The van der Waals surface area contributed by atoms with Crippen LogP contribution in [0.2, 0.25) is 0 Å². The second-order valence-corrected chi connectivity index (χ2v) is 4.37. The molecule has 0 aromatic heterocycles. The van der Waals surface area contributed by atoms with Crippen LogP contribution in [0.4, 0.5) is 0 Å². The third kappa shape index (κ3) is 4.55. The molecule has 1 aromatic carbocycles. The monoisotopic (exact) mass is 281 g/mol. The van der Waals surface area contributed by atoms with Crippen molar-refractivity contribution >= 4 is 11.9 Å². The number of hydrogen-bond donors (Lipinski definition) is 2. The van der Waals surface area contributed by atoms with Gasteiger partial charge in [-0.2, -0.15) is 0 Å². The molecule has 1 aromatic rings. The topological polar surface area (TPSA) is 87.1 Å². The van der Waals surface area contributed by atoms with E-state index in [1.54, 1.807) is 31.3 Å². The van der Waals surface area contributed by atoms with Gasteiger partial charge in [-0.1, -0.05) is 12.1 Å². The Morgan fingerprint density at radius 2 is 1.85 bits per heavy atom. The standard InChI is InChI=1S/C14H19NO5/c1-3-20-11-6-4-10(5-7-11)13(14(18)19)15(2)9-8-12(16)17/h4-7,13H,3,8-9H2,1-2H3,(H,16,17)(H,18,19). The SMILES string of the molecule is CCOc1ccc(C(C(=O)O)N(C)CCC(=O)O)cc1. The maximum Gasteiger partial charge on any atom is 0.325 e. The lowest BCUT2D eigenvalue weighted by Gasteiger charge is -2.24. The summed E-state index contributed by atoms with van der Waals surface area (Å²) >= 11 is 0. The Morgan fingerprint density at radius 3 is 2.30 bits per heavy atom. The molecule has 0 heterocycles. The Kier molecular flexibility index (Phi) is 5.99. The van der Waals surface area contributed by atoms with E-state index >= 15 is 0 Å². The molecular weight excluding hydrogens is 262 g/mol. The van der Waals surface area contributed by atoms with E-state index in [0.29, 0.717) is 17.9 Å². The van der Waals surface area contributed by atoms with E-state index in [1.165, 1.54) is 4.90 Å². The molecule has 0 aliphatic rings. The molecule has 6 nitrogen and oxygen atoms in total. The summed E-state index contributed by atoms with van der Waals surface area (Å²) < 4.78 is 5.30. The lowest BCUT2D eigenvalue weighted by atomic mass is 10.1. The van der Waals surface area contributed by atoms with Gasteiger partial charge in [0.05, 0.1) is 13.0 Å². The van der Waals surface area contributed by atoms with Crippen LogP contribution in [0.3, 0.4) is 0 Å². The van der Waals surface area contributed by atoms with Crippen molar-refractivity contribution in [1.82, 2.24) is 4.90 Å². The van der Waals surface area contributed by atoms with Crippen molar-refractivity contribution in [3.05, 3.63) is 29.8 Å². The van der Waals surface area contributed by atoms with E-state index in [4.69, 9.17) is 9.84 Å². The lowest BCUT2D eigenvalue weighted by Crippen LogP contribution is -2.32. The van der Waals surface area contributed by atoms with Gasteiger partial charge in [-0.15, -0.1) is 0 Å². The normalized spacial score (nSPS) is 12.2. The molecule has 0 aliphatic heterocycles. The predicted octanol–water partition coefficient (Wildman–Crippen LogP) is 1.62. The lowest BCUT2D eigenvalue weighted by molar-refractivity contribution is -0.144. The van der Waals surface area contributed by atoms with E-state index < -0.39 is 18.0 Å². The summed E-state index contributed by atoms with van der Waals surface area (Å²) in [5.41, 5.74) is 0.592. The number of hydrogen-bond acceptors (Lipinski definition) is 4. The van der Waals surface area contributed by atoms with Crippen molar-refractivity contribution < 1.29 is 24.5 Å². The van der Waals surface area contributed by atoms with Crippen molar-refractivity contribution in [3.63, 3.8) is 0 Å². The summed E-state index contributed by atoms with van der Waals surface area (Å²) in [5, 5.41) is 18.0. The first kappa shape index (κ1) is 16.0. The van der Waals surface area contributed by atoms with Gasteiger partial charge in [-0.25, -0.2) is 0 Å². The third-order valence-electron chi connectivity index (χ3n) is 2.86.